The number of benzene rings is 1. The minimum atomic E-state index is -1.07. The average Bonchev–Trinajstić information content (AvgIpc) is 3.49. The van der Waals surface area contributed by atoms with E-state index in [0.717, 1.165) is 36.4 Å². The Morgan fingerprint density at radius 1 is 1.31 bits per heavy atom. The minimum Gasteiger partial charge on any atom is -0.494 e. The summed E-state index contributed by atoms with van der Waals surface area (Å²) in [6.45, 7) is 6.01. The van der Waals surface area contributed by atoms with E-state index in [0.29, 0.717) is 29.9 Å². The summed E-state index contributed by atoms with van der Waals surface area (Å²) >= 11 is 1.74. The van der Waals surface area contributed by atoms with Crippen LogP contribution in [0.4, 0.5) is 4.79 Å². The fourth-order valence-corrected chi connectivity index (χ4v) is 6.22. The Bertz CT molecular complexity index is 1450. The van der Waals surface area contributed by atoms with Crippen molar-refractivity contribution >= 4 is 44.6 Å². The van der Waals surface area contributed by atoms with E-state index < -0.39 is 6.09 Å². The van der Waals surface area contributed by atoms with Crippen LogP contribution in [-0.4, -0.2) is 62.4 Å². The molecule has 1 aliphatic rings. The number of rotatable bonds is 5. The second-order valence-electron chi connectivity index (χ2n) is 8.99. The van der Waals surface area contributed by atoms with E-state index in [9.17, 15) is 9.59 Å². The molecule has 1 aliphatic heterocycles. The first kappa shape index (κ1) is 23.2. The number of hydrogen-bond donors (Lipinski definition) is 2. The molecule has 0 spiro atoms. The third-order valence-corrected chi connectivity index (χ3v) is 7.94. The number of likely N-dealkylation sites (tertiary alicyclic amines) is 1. The molecule has 0 bridgehead atoms. The van der Waals surface area contributed by atoms with Gasteiger partial charge in [0.15, 0.2) is 5.82 Å². The summed E-state index contributed by atoms with van der Waals surface area (Å²) in [5.41, 5.74) is 4.28. The number of aromatic nitrogens is 3. The Hall–Kier alpha value is -3.53. The molecule has 0 saturated carbocycles. The Balaban J connectivity index is 1.56. The predicted molar refractivity (Wildman–Crippen MR) is 137 cm³/mol. The molecule has 0 radical (unpaired) electrons. The number of piperidine rings is 1. The van der Waals surface area contributed by atoms with Gasteiger partial charge in [0.05, 0.1) is 18.3 Å². The number of nitrogens with zero attached hydrogens (tertiary/aromatic N) is 4. The van der Waals surface area contributed by atoms with Crippen molar-refractivity contribution < 1.29 is 19.4 Å². The maximum Gasteiger partial charge on any atom is 0.404 e. The molecule has 5 rings (SSSR count). The summed E-state index contributed by atoms with van der Waals surface area (Å²) in [6.07, 6.45) is 0.394. The fraction of sp³-hybridized carbons (Fsp3) is 0.400. The normalized spacial score (nSPS) is 16.2. The summed E-state index contributed by atoms with van der Waals surface area (Å²) in [4.78, 5) is 32.3. The van der Waals surface area contributed by atoms with E-state index in [1.54, 1.807) is 29.4 Å². The molecule has 2 amide bonds. The molecular weight excluding hydrogens is 466 g/mol. The highest BCUT2D eigenvalue weighted by molar-refractivity contribution is 7.17. The maximum absolute atomic E-state index is 13.4. The predicted octanol–water partition coefficient (Wildman–Crippen LogP) is 4.47. The molecule has 9 nitrogen and oxygen atoms in total. The van der Waals surface area contributed by atoms with Crippen LogP contribution in [-0.2, 0) is 13.6 Å². The number of hydrogen-bond acceptors (Lipinski definition) is 5. The summed E-state index contributed by atoms with van der Waals surface area (Å²) < 4.78 is 10.0. The van der Waals surface area contributed by atoms with Gasteiger partial charge in [-0.25, -0.2) is 9.78 Å². The highest BCUT2D eigenvalue weighted by atomic mass is 32.1. The second-order valence-corrected chi connectivity index (χ2v) is 9.85. The van der Waals surface area contributed by atoms with Crippen LogP contribution in [0.25, 0.3) is 32.8 Å². The van der Waals surface area contributed by atoms with Gasteiger partial charge in [-0.2, -0.15) is 0 Å². The van der Waals surface area contributed by atoms with Crippen LogP contribution in [0.5, 0.6) is 5.75 Å². The summed E-state index contributed by atoms with van der Waals surface area (Å²) in [7, 11) is 3.56. The van der Waals surface area contributed by atoms with Crippen molar-refractivity contribution in [2.75, 3.05) is 20.2 Å². The molecule has 10 heteroatoms. The number of fused-ring (bicyclic) bond motifs is 2. The van der Waals surface area contributed by atoms with Crippen molar-refractivity contribution in [3.05, 3.63) is 34.7 Å². The van der Waals surface area contributed by atoms with Gasteiger partial charge >= 0.3 is 6.09 Å². The standard InChI is InChI=1S/C25H29N5O4S/c1-5-30-19(11-17-14(2)13-35-24(17)30)22-27-18-9-15(10-20(34-4)21(18)28(22)3)23(31)29-8-6-7-16(12-29)26-25(32)33/h9-11,13,16,26H,5-8,12H2,1-4H3,(H,32,33). The van der Waals surface area contributed by atoms with Gasteiger partial charge in [0, 0.05) is 43.7 Å². The lowest BCUT2D eigenvalue weighted by Gasteiger charge is -2.32. The van der Waals surface area contributed by atoms with Gasteiger partial charge in [-0.3, -0.25) is 4.79 Å². The molecule has 1 saturated heterocycles. The number of thiophene rings is 1. The van der Waals surface area contributed by atoms with Gasteiger partial charge in [0.2, 0.25) is 0 Å². The number of methoxy groups -OCH3 is 1. The number of nitrogens with one attached hydrogen (secondary N) is 1. The molecule has 35 heavy (non-hydrogen) atoms. The smallest absolute Gasteiger partial charge is 0.404 e. The van der Waals surface area contributed by atoms with Crippen LogP contribution >= 0.6 is 11.3 Å². The lowest BCUT2D eigenvalue weighted by atomic mass is 10.0. The van der Waals surface area contributed by atoms with Crippen molar-refractivity contribution in [3.63, 3.8) is 0 Å². The molecule has 0 aliphatic carbocycles. The number of carbonyl (C=O) groups excluding carboxylic acids is 1. The third kappa shape index (κ3) is 3.91. The van der Waals surface area contributed by atoms with Crippen molar-refractivity contribution in [3.8, 4) is 17.3 Å². The molecule has 1 unspecified atom stereocenters. The lowest BCUT2D eigenvalue weighted by Crippen LogP contribution is -2.49. The van der Waals surface area contributed by atoms with Crippen LogP contribution in [0.15, 0.2) is 23.6 Å². The monoisotopic (exact) mass is 495 g/mol. The van der Waals surface area contributed by atoms with E-state index in [1.165, 1.54) is 15.8 Å². The van der Waals surface area contributed by atoms with Gasteiger partial charge in [-0.1, -0.05) is 0 Å². The van der Waals surface area contributed by atoms with Crippen LogP contribution in [0, 0.1) is 6.92 Å². The number of carboxylic acid groups (broad SMARTS) is 1. The summed E-state index contributed by atoms with van der Waals surface area (Å²) in [6, 6.07) is 5.49. The molecular formula is C25H29N5O4S. The van der Waals surface area contributed by atoms with Crippen molar-refractivity contribution in [1.82, 2.24) is 24.3 Å². The van der Waals surface area contributed by atoms with E-state index >= 15 is 0 Å². The molecule has 3 aromatic heterocycles. The highest BCUT2D eigenvalue weighted by Crippen LogP contribution is 2.37. The third-order valence-electron chi connectivity index (χ3n) is 6.80. The number of amides is 2. The number of aryl methyl sites for hydroxylation is 3. The van der Waals surface area contributed by atoms with Crippen LogP contribution < -0.4 is 10.1 Å². The summed E-state index contributed by atoms with van der Waals surface area (Å²) in [5, 5.41) is 15.0. The maximum atomic E-state index is 13.4. The fourth-order valence-electron chi connectivity index (χ4n) is 5.10. The molecule has 1 fully saturated rings. The van der Waals surface area contributed by atoms with Gasteiger partial charge in [-0.05, 0) is 55.8 Å². The molecule has 184 valence electrons. The van der Waals surface area contributed by atoms with Crippen molar-refractivity contribution in [2.24, 2.45) is 7.05 Å². The number of imidazole rings is 1. The Morgan fingerprint density at radius 2 is 2.11 bits per heavy atom. The van der Waals surface area contributed by atoms with Crippen LogP contribution in [0.3, 0.4) is 0 Å². The zero-order valence-electron chi connectivity index (χ0n) is 20.3. The molecule has 1 atom stereocenters. The zero-order valence-corrected chi connectivity index (χ0v) is 21.1. The van der Waals surface area contributed by atoms with Gasteiger partial charge in [-0.15, -0.1) is 11.3 Å². The van der Waals surface area contributed by atoms with Gasteiger partial charge in [0.25, 0.3) is 5.91 Å². The first-order valence-corrected chi connectivity index (χ1v) is 12.6. The Labute approximate surface area is 206 Å². The van der Waals surface area contributed by atoms with Crippen LogP contribution in [0.2, 0.25) is 0 Å². The first-order chi connectivity index (χ1) is 16.8. The SMILES string of the molecule is CCn1c(-c2nc3cc(C(=O)N4CCCC(NC(=O)O)C4)cc(OC)c3n2C)cc2c(C)csc21. The Morgan fingerprint density at radius 3 is 2.83 bits per heavy atom. The largest absolute Gasteiger partial charge is 0.494 e. The molecule has 4 heterocycles. The van der Waals surface area contributed by atoms with E-state index in [1.807, 2.05) is 17.7 Å². The quantitative estimate of drug-likeness (QED) is 0.426. The molecule has 1 aromatic carbocycles. The zero-order chi connectivity index (χ0) is 24.9. The van der Waals surface area contributed by atoms with Gasteiger partial charge < -0.3 is 29.2 Å². The van der Waals surface area contributed by atoms with Crippen molar-refractivity contribution in [2.45, 2.75) is 39.3 Å². The average molecular weight is 496 g/mol. The van der Waals surface area contributed by atoms with E-state index in [-0.39, 0.29) is 11.9 Å². The van der Waals surface area contributed by atoms with Gasteiger partial charge in [0.1, 0.15) is 16.1 Å². The molecule has 4 aromatic rings. The minimum absolute atomic E-state index is 0.151. The van der Waals surface area contributed by atoms with Crippen LogP contribution in [0.1, 0.15) is 35.7 Å². The lowest BCUT2D eigenvalue weighted by molar-refractivity contribution is 0.0692. The topological polar surface area (TPSA) is 102 Å². The molecule has 2 N–H and O–H groups in total. The second kappa shape index (κ2) is 8.92. The van der Waals surface area contributed by atoms with Crippen molar-refractivity contribution in [1.29, 1.82) is 0 Å². The first-order valence-electron chi connectivity index (χ1n) is 11.7. The Kier molecular flexibility index (Phi) is 5.92. The highest BCUT2D eigenvalue weighted by Gasteiger charge is 2.27. The summed E-state index contributed by atoms with van der Waals surface area (Å²) in [5.74, 6) is 1.25. The number of carbonyl (C=O) groups is 2. The van der Waals surface area contributed by atoms with E-state index in [2.05, 4.69) is 35.2 Å². The number of ether oxygens (including phenoxy) is 1. The van der Waals surface area contributed by atoms with E-state index in [4.69, 9.17) is 14.8 Å².